The summed E-state index contributed by atoms with van der Waals surface area (Å²) >= 11 is 6.03. The molecule has 0 aliphatic rings. The van der Waals surface area contributed by atoms with Crippen LogP contribution < -0.4 is 0 Å². The summed E-state index contributed by atoms with van der Waals surface area (Å²) in [6.45, 7) is 3.70. The molecule has 1 rings (SSSR count). The number of carbonyl (C=O) groups excluding carboxylic acids is 1. The van der Waals surface area contributed by atoms with E-state index in [9.17, 15) is 9.90 Å². The predicted molar refractivity (Wildman–Crippen MR) is 73.7 cm³/mol. The van der Waals surface area contributed by atoms with Crippen LogP contribution in [-0.4, -0.2) is 35.1 Å². The molecule has 0 saturated heterocycles. The van der Waals surface area contributed by atoms with E-state index in [-0.39, 0.29) is 5.91 Å². The molecule has 3 nitrogen and oxygen atoms in total. The lowest BCUT2D eigenvalue weighted by Crippen LogP contribution is -2.39. The lowest BCUT2D eigenvalue weighted by Gasteiger charge is -2.25. The Morgan fingerprint density at radius 2 is 2.00 bits per heavy atom. The summed E-state index contributed by atoms with van der Waals surface area (Å²) in [5, 5.41) is 10.3. The van der Waals surface area contributed by atoms with Gasteiger partial charge in [0.25, 0.3) is 0 Å². The highest BCUT2D eigenvalue weighted by atomic mass is 35.5. The number of rotatable bonds is 5. The van der Waals surface area contributed by atoms with E-state index in [1.54, 1.807) is 25.8 Å². The Bertz CT molecular complexity index is 413. The van der Waals surface area contributed by atoms with Crippen molar-refractivity contribution < 1.29 is 9.90 Å². The van der Waals surface area contributed by atoms with Crippen LogP contribution in [0.4, 0.5) is 0 Å². The molecule has 1 N–H and O–H groups in total. The number of hydrogen-bond donors (Lipinski definition) is 1. The van der Waals surface area contributed by atoms with Crippen LogP contribution in [0.3, 0.4) is 0 Å². The highest BCUT2D eigenvalue weighted by molar-refractivity contribution is 6.31. The standard InChI is InChI=1S/C14H20ClNO2/c1-14(2,18)10-16(3)13(17)9-8-11-6-4-5-7-12(11)15/h4-7,18H,8-10H2,1-3H3. The summed E-state index contributed by atoms with van der Waals surface area (Å²) < 4.78 is 0. The number of aliphatic hydroxyl groups is 1. The maximum Gasteiger partial charge on any atom is 0.222 e. The highest BCUT2D eigenvalue weighted by Crippen LogP contribution is 2.17. The van der Waals surface area contributed by atoms with Gasteiger partial charge in [0, 0.05) is 25.0 Å². The Morgan fingerprint density at radius 3 is 2.56 bits per heavy atom. The molecule has 1 aromatic rings. The molecular weight excluding hydrogens is 250 g/mol. The van der Waals surface area contributed by atoms with Gasteiger partial charge in [-0.05, 0) is 31.9 Å². The minimum absolute atomic E-state index is 0.0112. The first-order valence-corrected chi connectivity index (χ1v) is 6.37. The van der Waals surface area contributed by atoms with Crippen LogP contribution in [0.15, 0.2) is 24.3 Å². The molecular formula is C14H20ClNO2. The summed E-state index contributed by atoms with van der Waals surface area (Å²) in [6.07, 6.45) is 1.02. The van der Waals surface area contributed by atoms with Crippen molar-refractivity contribution in [1.82, 2.24) is 4.90 Å². The number of nitrogens with zero attached hydrogens (tertiary/aromatic N) is 1. The second-order valence-electron chi connectivity index (χ2n) is 5.15. The third kappa shape index (κ3) is 5.07. The monoisotopic (exact) mass is 269 g/mol. The van der Waals surface area contributed by atoms with Crippen molar-refractivity contribution in [3.63, 3.8) is 0 Å². The van der Waals surface area contributed by atoms with Gasteiger partial charge in [0.2, 0.25) is 5.91 Å². The Morgan fingerprint density at radius 1 is 1.39 bits per heavy atom. The van der Waals surface area contributed by atoms with Gasteiger partial charge in [0.15, 0.2) is 0 Å². The first-order chi connectivity index (χ1) is 8.29. The zero-order valence-corrected chi connectivity index (χ0v) is 11.9. The molecule has 0 aliphatic heterocycles. The minimum atomic E-state index is -0.866. The number of hydrogen-bond acceptors (Lipinski definition) is 2. The second kappa shape index (κ2) is 6.21. The molecule has 0 aliphatic carbocycles. The van der Waals surface area contributed by atoms with Crippen LogP contribution in [-0.2, 0) is 11.2 Å². The molecule has 0 unspecified atom stereocenters. The quantitative estimate of drug-likeness (QED) is 0.892. The zero-order valence-electron chi connectivity index (χ0n) is 11.1. The van der Waals surface area contributed by atoms with Gasteiger partial charge in [-0.3, -0.25) is 4.79 Å². The maximum atomic E-state index is 11.9. The topological polar surface area (TPSA) is 40.5 Å². The Labute approximate surface area is 113 Å². The van der Waals surface area contributed by atoms with Gasteiger partial charge in [0.05, 0.1) is 5.60 Å². The van der Waals surface area contributed by atoms with Crippen LogP contribution in [0.2, 0.25) is 5.02 Å². The molecule has 4 heteroatoms. The average molecular weight is 270 g/mol. The van der Waals surface area contributed by atoms with Gasteiger partial charge in [-0.2, -0.15) is 0 Å². The third-order valence-electron chi connectivity index (χ3n) is 2.62. The van der Waals surface area contributed by atoms with E-state index in [2.05, 4.69) is 0 Å². The molecule has 0 radical (unpaired) electrons. The van der Waals surface area contributed by atoms with Crippen molar-refractivity contribution in [1.29, 1.82) is 0 Å². The van der Waals surface area contributed by atoms with Crippen LogP contribution in [0.25, 0.3) is 0 Å². The van der Waals surface area contributed by atoms with E-state index in [0.29, 0.717) is 24.4 Å². The van der Waals surface area contributed by atoms with E-state index < -0.39 is 5.60 Å². The molecule has 0 aromatic heterocycles. The molecule has 18 heavy (non-hydrogen) atoms. The Hall–Kier alpha value is -1.06. The number of amides is 1. The third-order valence-corrected chi connectivity index (χ3v) is 2.98. The molecule has 1 aromatic carbocycles. The van der Waals surface area contributed by atoms with E-state index >= 15 is 0 Å². The summed E-state index contributed by atoms with van der Waals surface area (Å²) in [4.78, 5) is 13.4. The van der Waals surface area contributed by atoms with Crippen molar-refractivity contribution in [2.75, 3.05) is 13.6 Å². The number of aryl methyl sites for hydroxylation is 1. The van der Waals surface area contributed by atoms with Crippen molar-refractivity contribution in [2.24, 2.45) is 0 Å². The van der Waals surface area contributed by atoms with Gasteiger partial charge in [0.1, 0.15) is 0 Å². The van der Waals surface area contributed by atoms with E-state index in [1.807, 2.05) is 24.3 Å². The largest absolute Gasteiger partial charge is 0.389 e. The molecule has 1 amide bonds. The van der Waals surface area contributed by atoms with Gasteiger partial charge < -0.3 is 10.0 Å². The van der Waals surface area contributed by atoms with Crippen molar-refractivity contribution in [3.8, 4) is 0 Å². The normalized spacial score (nSPS) is 11.4. The predicted octanol–water partition coefficient (Wildman–Crippen LogP) is 2.50. The van der Waals surface area contributed by atoms with Crippen LogP contribution in [0.1, 0.15) is 25.8 Å². The molecule has 0 spiro atoms. The van der Waals surface area contributed by atoms with E-state index in [0.717, 1.165) is 5.56 Å². The molecule has 0 atom stereocenters. The number of carbonyl (C=O) groups is 1. The molecule has 0 fully saturated rings. The molecule has 0 heterocycles. The lowest BCUT2D eigenvalue weighted by molar-refractivity contribution is -0.132. The fourth-order valence-electron chi connectivity index (χ4n) is 1.80. The zero-order chi connectivity index (χ0) is 13.8. The first-order valence-electron chi connectivity index (χ1n) is 5.99. The number of halogens is 1. The van der Waals surface area contributed by atoms with Crippen molar-refractivity contribution >= 4 is 17.5 Å². The smallest absolute Gasteiger partial charge is 0.222 e. The van der Waals surface area contributed by atoms with Gasteiger partial charge in [-0.25, -0.2) is 0 Å². The van der Waals surface area contributed by atoms with Crippen LogP contribution in [0.5, 0.6) is 0 Å². The summed E-state index contributed by atoms with van der Waals surface area (Å²) in [5.74, 6) is 0.0112. The first kappa shape index (κ1) is 15.0. The number of likely N-dealkylation sites (N-methyl/N-ethyl adjacent to an activating group) is 1. The fourth-order valence-corrected chi connectivity index (χ4v) is 2.03. The summed E-state index contributed by atoms with van der Waals surface area (Å²) in [7, 11) is 1.70. The van der Waals surface area contributed by atoms with Gasteiger partial charge >= 0.3 is 0 Å². The number of benzene rings is 1. The Balaban J connectivity index is 2.49. The summed E-state index contributed by atoms with van der Waals surface area (Å²) in [6, 6.07) is 7.52. The van der Waals surface area contributed by atoms with E-state index in [1.165, 1.54) is 0 Å². The lowest BCUT2D eigenvalue weighted by atomic mass is 10.1. The SMILES string of the molecule is CN(CC(C)(C)O)C(=O)CCc1ccccc1Cl. The molecule has 0 saturated carbocycles. The molecule has 0 bridgehead atoms. The maximum absolute atomic E-state index is 11.9. The summed E-state index contributed by atoms with van der Waals surface area (Å²) in [5.41, 5.74) is 0.110. The molecule has 100 valence electrons. The van der Waals surface area contributed by atoms with Crippen LogP contribution >= 0.6 is 11.6 Å². The highest BCUT2D eigenvalue weighted by Gasteiger charge is 2.19. The second-order valence-corrected chi connectivity index (χ2v) is 5.56. The van der Waals surface area contributed by atoms with Crippen molar-refractivity contribution in [3.05, 3.63) is 34.9 Å². The van der Waals surface area contributed by atoms with E-state index in [4.69, 9.17) is 11.6 Å². The fraction of sp³-hybridized carbons (Fsp3) is 0.500. The van der Waals surface area contributed by atoms with Crippen molar-refractivity contribution in [2.45, 2.75) is 32.3 Å². The van der Waals surface area contributed by atoms with Gasteiger partial charge in [-0.15, -0.1) is 0 Å². The van der Waals surface area contributed by atoms with Gasteiger partial charge in [-0.1, -0.05) is 29.8 Å². The van der Waals surface area contributed by atoms with Crippen LogP contribution in [0, 0.1) is 0 Å². The average Bonchev–Trinajstić information content (AvgIpc) is 2.25. The minimum Gasteiger partial charge on any atom is -0.389 e. The Kier molecular flexibility index (Phi) is 5.17.